The van der Waals surface area contributed by atoms with Crippen molar-refractivity contribution < 1.29 is 13.5 Å². The Labute approximate surface area is 114 Å². The van der Waals surface area contributed by atoms with Crippen LogP contribution < -0.4 is 10.5 Å². The first-order valence-electron chi connectivity index (χ1n) is 5.67. The van der Waals surface area contributed by atoms with Gasteiger partial charge >= 0.3 is 6.61 Å². The van der Waals surface area contributed by atoms with Crippen LogP contribution >= 0.6 is 11.3 Å². The molecule has 1 aromatic heterocycles. The molecule has 0 amide bonds. The summed E-state index contributed by atoms with van der Waals surface area (Å²) in [7, 11) is 0. The van der Waals surface area contributed by atoms with Gasteiger partial charge in [-0.15, -0.1) is 11.3 Å². The number of nitrogens with zero attached hydrogens (tertiary/aromatic N) is 1. The maximum absolute atomic E-state index is 12.4. The summed E-state index contributed by atoms with van der Waals surface area (Å²) in [4.78, 5) is 4.39. The lowest BCUT2D eigenvalue weighted by molar-refractivity contribution is -0.0494. The molecule has 0 fully saturated rings. The number of rotatable bonds is 4. The highest BCUT2D eigenvalue weighted by atomic mass is 32.1. The average molecular weight is 284 g/mol. The second kappa shape index (κ2) is 5.22. The molecule has 2 aromatic rings. The molecule has 2 N–H and O–H groups in total. The van der Waals surface area contributed by atoms with Crippen molar-refractivity contribution in [1.29, 1.82) is 0 Å². The Kier molecular flexibility index (Phi) is 3.82. The van der Waals surface area contributed by atoms with E-state index in [2.05, 4.69) is 9.72 Å². The third-order valence-corrected chi connectivity index (χ3v) is 3.62. The molecule has 102 valence electrons. The molecule has 0 atom stereocenters. The fraction of sp³-hybridized carbons (Fsp3) is 0.308. The number of aromatic nitrogens is 1. The van der Waals surface area contributed by atoms with E-state index in [1.807, 2.05) is 13.8 Å². The Morgan fingerprint density at radius 2 is 2.00 bits per heavy atom. The Morgan fingerprint density at radius 3 is 2.58 bits per heavy atom. The van der Waals surface area contributed by atoms with Crippen LogP contribution in [-0.2, 0) is 5.54 Å². The second-order valence-electron chi connectivity index (χ2n) is 4.63. The van der Waals surface area contributed by atoms with Crippen molar-refractivity contribution >= 4 is 11.3 Å². The maximum atomic E-state index is 12.4. The van der Waals surface area contributed by atoms with Gasteiger partial charge in [-0.25, -0.2) is 4.98 Å². The number of para-hydroxylation sites is 1. The monoisotopic (exact) mass is 284 g/mol. The number of thiazole rings is 1. The molecule has 0 saturated heterocycles. The van der Waals surface area contributed by atoms with E-state index in [4.69, 9.17) is 5.73 Å². The van der Waals surface area contributed by atoms with Crippen LogP contribution in [0.15, 0.2) is 29.6 Å². The highest BCUT2D eigenvalue weighted by molar-refractivity contribution is 7.10. The van der Waals surface area contributed by atoms with Gasteiger partial charge in [0, 0.05) is 10.9 Å². The van der Waals surface area contributed by atoms with E-state index < -0.39 is 12.2 Å². The number of nitrogens with two attached hydrogens (primary N) is 1. The molecule has 1 heterocycles. The summed E-state index contributed by atoms with van der Waals surface area (Å²) in [5.74, 6) is 0.115. The Morgan fingerprint density at radius 1 is 1.32 bits per heavy atom. The topological polar surface area (TPSA) is 48.1 Å². The summed E-state index contributed by atoms with van der Waals surface area (Å²) >= 11 is 1.40. The molecule has 0 aliphatic carbocycles. The average Bonchev–Trinajstić information content (AvgIpc) is 2.77. The van der Waals surface area contributed by atoms with Crippen LogP contribution in [0, 0.1) is 0 Å². The lowest BCUT2D eigenvalue weighted by Crippen LogP contribution is -2.28. The zero-order chi connectivity index (χ0) is 14.0. The predicted octanol–water partition coefficient (Wildman–Crippen LogP) is 3.61. The number of hydrogen-bond donors (Lipinski definition) is 1. The van der Waals surface area contributed by atoms with Gasteiger partial charge in [-0.05, 0) is 26.0 Å². The van der Waals surface area contributed by atoms with Crippen molar-refractivity contribution in [3.8, 4) is 17.0 Å². The predicted molar refractivity (Wildman–Crippen MR) is 71.4 cm³/mol. The van der Waals surface area contributed by atoms with Crippen LogP contribution in [0.1, 0.15) is 18.9 Å². The van der Waals surface area contributed by atoms with E-state index in [9.17, 15) is 8.78 Å². The van der Waals surface area contributed by atoms with Crippen LogP contribution in [0.2, 0.25) is 0 Å². The van der Waals surface area contributed by atoms with Gasteiger partial charge in [0.15, 0.2) is 0 Å². The Hall–Kier alpha value is -1.53. The third kappa shape index (κ3) is 3.27. The van der Waals surface area contributed by atoms with Gasteiger partial charge in [0.2, 0.25) is 0 Å². The van der Waals surface area contributed by atoms with E-state index in [-0.39, 0.29) is 5.75 Å². The zero-order valence-corrected chi connectivity index (χ0v) is 11.4. The van der Waals surface area contributed by atoms with Crippen molar-refractivity contribution in [3.63, 3.8) is 0 Å². The molecule has 6 heteroatoms. The normalized spacial score (nSPS) is 11.9. The summed E-state index contributed by atoms with van der Waals surface area (Å²) in [6.07, 6.45) is 0. The van der Waals surface area contributed by atoms with Crippen molar-refractivity contribution in [1.82, 2.24) is 4.98 Å². The van der Waals surface area contributed by atoms with E-state index >= 15 is 0 Å². The van der Waals surface area contributed by atoms with Crippen molar-refractivity contribution in [2.24, 2.45) is 5.73 Å². The molecular weight excluding hydrogens is 270 g/mol. The third-order valence-electron chi connectivity index (χ3n) is 2.43. The minimum Gasteiger partial charge on any atom is -0.434 e. The van der Waals surface area contributed by atoms with Crippen LogP contribution in [0.25, 0.3) is 11.3 Å². The largest absolute Gasteiger partial charge is 0.434 e. The summed E-state index contributed by atoms with van der Waals surface area (Å²) in [5.41, 5.74) is 6.54. The van der Waals surface area contributed by atoms with Crippen LogP contribution in [0.4, 0.5) is 8.78 Å². The van der Waals surface area contributed by atoms with Crippen LogP contribution in [0.5, 0.6) is 5.75 Å². The molecule has 0 radical (unpaired) electrons. The van der Waals surface area contributed by atoms with Gasteiger partial charge in [-0.2, -0.15) is 8.78 Å². The first-order valence-corrected chi connectivity index (χ1v) is 6.55. The van der Waals surface area contributed by atoms with E-state index in [0.29, 0.717) is 11.3 Å². The molecule has 1 aromatic carbocycles. The standard InChI is InChI=1S/C13H14F2N2OS/c1-13(2,16)11-17-9(7-19-11)8-5-3-4-6-10(8)18-12(14)15/h3-7,12H,16H2,1-2H3. The minimum absolute atomic E-state index is 0.115. The van der Waals surface area contributed by atoms with Crippen molar-refractivity contribution in [3.05, 3.63) is 34.7 Å². The van der Waals surface area contributed by atoms with Gasteiger partial charge in [-0.1, -0.05) is 12.1 Å². The summed E-state index contributed by atoms with van der Waals surface area (Å²) in [6.45, 7) is 0.833. The number of hydrogen-bond acceptors (Lipinski definition) is 4. The first kappa shape index (κ1) is 13.9. The van der Waals surface area contributed by atoms with Gasteiger partial charge in [0.25, 0.3) is 0 Å². The summed E-state index contributed by atoms with van der Waals surface area (Å²) in [6, 6.07) is 6.58. The van der Waals surface area contributed by atoms with Gasteiger partial charge in [-0.3, -0.25) is 0 Å². The van der Waals surface area contributed by atoms with Gasteiger partial charge in [0.05, 0.1) is 11.2 Å². The molecule has 0 bridgehead atoms. The molecule has 0 aliphatic rings. The van der Waals surface area contributed by atoms with E-state index in [1.165, 1.54) is 17.4 Å². The minimum atomic E-state index is -2.86. The number of benzene rings is 1. The number of alkyl halides is 2. The van der Waals surface area contributed by atoms with Crippen molar-refractivity contribution in [2.75, 3.05) is 0 Å². The fourth-order valence-electron chi connectivity index (χ4n) is 1.57. The van der Waals surface area contributed by atoms with Gasteiger partial charge < -0.3 is 10.5 Å². The Bertz CT molecular complexity index is 564. The molecule has 0 unspecified atom stereocenters. The first-order chi connectivity index (χ1) is 8.88. The van der Waals surface area contributed by atoms with Crippen molar-refractivity contribution in [2.45, 2.75) is 26.0 Å². The molecule has 2 rings (SSSR count). The van der Waals surface area contributed by atoms with E-state index in [0.717, 1.165) is 5.01 Å². The molecule has 0 saturated carbocycles. The SMILES string of the molecule is CC(C)(N)c1nc(-c2ccccc2OC(F)F)cs1. The Balaban J connectivity index is 2.39. The lowest BCUT2D eigenvalue weighted by atomic mass is 10.1. The molecule has 0 spiro atoms. The second-order valence-corrected chi connectivity index (χ2v) is 5.49. The van der Waals surface area contributed by atoms with E-state index in [1.54, 1.807) is 23.6 Å². The molecular formula is C13H14F2N2OS. The number of halogens is 2. The zero-order valence-electron chi connectivity index (χ0n) is 10.6. The maximum Gasteiger partial charge on any atom is 0.387 e. The van der Waals surface area contributed by atoms with Gasteiger partial charge in [0.1, 0.15) is 10.8 Å². The smallest absolute Gasteiger partial charge is 0.387 e. The van der Waals surface area contributed by atoms with Crippen LogP contribution in [-0.4, -0.2) is 11.6 Å². The molecule has 19 heavy (non-hydrogen) atoms. The highest BCUT2D eigenvalue weighted by Gasteiger charge is 2.20. The summed E-state index contributed by atoms with van der Waals surface area (Å²) in [5, 5.41) is 2.53. The summed E-state index contributed by atoms with van der Waals surface area (Å²) < 4.78 is 29.2. The molecule has 0 aliphatic heterocycles. The fourth-order valence-corrected chi connectivity index (χ4v) is 2.43. The number of ether oxygens (including phenoxy) is 1. The molecule has 3 nitrogen and oxygen atoms in total. The van der Waals surface area contributed by atoms with Crippen LogP contribution in [0.3, 0.4) is 0 Å². The quantitative estimate of drug-likeness (QED) is 0.933. The lowest BCUT2D eigenvalue weighted by Gasteiger charge is -2.14. The highest BCUT2D eigenvalue weighted by Crippen LogP contribution is 2.33.